The minimum atomic E-state index is -0.715. The molecule has 0 aromatic heterocycles. The van der Waals surface area contributed by atoms with E-state index in [-0.39, 0.29) is 30.2 Å². The Morgan fingerprint density at radius 3 is 2.52 bits per heavy atom. The number of hydrogen-bond donors (Lipinski definition) is 1. The average molecular weight is 459 g/mol. The van der Waals surface area contributed by atoms with Gasteiger partial charge in [0.15, 0.2) is 6.61 Å². The zero-order valence-electron chi connectivity index (χ0n) is 15.7. The molecule has 0 spiro atoms. The van der Waals surface area contributed by atoms with Gasteiger partial charge in [0.25, 0.3) is 5.91 Å². The summed E-state index contributed by atoms with van der Waals surface area (Å²) in [5, 5.41) is 2.73. The van der Waals surface area contributed by atoms with Crippen molar-refractivity contribution in [2.24, 2.45) is 0 Å². The first-order valence-electron chi connectivity index (χ1n) is 9.10. The average Bonchev–Trinajstić information content (AvgIpc) is 3.05. The van der Waals surface area contributed by atoms with Gasteiger partial charge in [-0.15, -0.1) is 0 Å². The summed E-state index contributed by atoms with van der Waals surface area (Å²) in [6.07, 6.45) is 1.04. The molecule has 7 nitrogen and oxygen atoms in total. The number of amides is 3. The van der Waals surface area contributed by atoms with E-state index in [1.165, 1.54) is 12.1 Å². The first kappa shape index (κ1) is 20.7. The lowest BCUT2D eigenvalue weighted by Gasteiger charge is -2.14. The van der Waals surface area contributed by atoms with Gasteiger partial charge >= 0.3 is 5.97 Å². The third-order valence-electron chi connectivity index (χ3n) is 4.45. The monoisotopic (exact) mass is 458 g/mol. The van der Waals surface area contributed by atoms with Crippen molar-refractivity contribution >= 4 is 51.0 Å². The van der Waals surface area contributed by atoms with E-state index < -0.39 is 18.5 Å². The minimum absolute atomic E-state index is 0.153. The van der Waals surface area contributed by atoms with Gasteiger partial charge in [-0.25, -0.2) is 4.79 Å². The standard InChI is InChI=1S/C21H19BrN2O5/c1-2-13-10-15(22)6-7-17(13)23-18(25)12-29-21(28)14-4-3-5-16(11-14)24-19(26)8-9-20(24)27/h3-7,10-11H,2,8-9,12H2,1H3,(H,23,25). The van der Waals surface area contributed by atoms with E-state index in [4.69, 9.17) is 4.74 Å². The fourth-order valence-corrected chi connectivity index (χ4v) is 3.42. The zero-order chi connectivity index (χ0) is 21.0. The summed E-state index contributed by atoms with van der Waals surface area (Å²) >= 11 is 3.39. The Kier molecular flexibility index (Phi) is 6.43. The summed E-state index contributed by atoms with van der Waals surface area (Å²) < 4.78 is 5.99. The number of imide groups is 1. The number of ether oxygens (including phenoxy) is 1. The van der Waals surface area contributed by atoms with Gasteiger partial charge in [-0.1, -0.05) is 28.9 Å². The molecule has 1 fully saturated rings. The van der Waals surface area contributed by atoms with Crippen molar-refractivity contribution in [2.75, 3.05) is 16.8 Å². The molecule has 8 heteroatoms. The number of benzene rings is 2. The molecule has 2 aromatic rings. The van der Waals surface area contributed by atoms with Crippen molar-refractivity contribution in [1.29, 1.82) is 0 Å². The predicted octanol–water partition coefficient (Wildman–Crippen LogP) is 3.46. The molecular formula is C21H19BrN2O5. The van der Waals surface area contributed by atoms with Crippen molar-refractivity contribution in [3.8, 4) is 0 Å². The van der Waals surface area contributed by atoms with Crippen LogP contribution in [0.3, 0.4) is 0 Å². The van der Waals surface area contributed by atoms with E-state index in [9.17, 15) is 19.2 Å². The molecule has 1 heterocycles. The van der Waals surface area contributed by atoms with Crippen LogP contribution in [0.2, 0.25) is 0 Å². The number of rotatable bonds is 6. The van der Waals surface area contributed by atoms with E-state index in [2.05, 4.69) is 21.2 Å². The molecule has 0 unspecified atom stereocenters. The van der Waals surface area contributed by atoms with Crippen LogP contribution in [0.15, 0.2) is 46.9 Å². The molecule has 3 amide bonds. The first-order chi connectivity index (χ1) is 13.9. The normalized spacial score (nSPS) is 13.5. The lowest BCUT2D eigenvalue weighted by molar-refractivity contribution is -0.121. The Morgan fingerprint density at radius 2 is 1.83 bits per heavy atom. The van der Waals surface area contributed by atoms with Crippen LogP contribution >= 0.6 is 15.9 Å². The Labute approximate surface area is 176 Å². The number of anilines is 2. The van der Waals surface area contributed by atoms with Gasteiger partial charge in [-0.2, -0.15) is 0 Å². The van der Waals surface area contributed by atoms with Gasteiger partial charge in [0, 0.05) is 23.0 Å². The third-order valence-corrected chi connectivity index (χ3v) is 4.94. The second kappa shape index (κ2) is 9.00. The van der Waals surface area contributed by atoms with Gasteiger partial charge < -0.3 is 10.1 Å². The predicted molar refractivity (Wildman–Crippen MR) is 111 cm³/mol. The summed E-state index contributed by atoms with van der Waals surface area (Å²) in [6.45, 7) is 1.52. The summed E-state index contributed by atoms with van der Waals surface area (Å²) in [7, 11) is 0. The molecule has 1 N–H and O–H groups in total. The maximum absolute atomic E-state index is 12.3. The molecule has 1 saturated heterocycles. The van der Waals surface area contributed by atoms with Crippen LogP contribution in [0.25, 0.3) is 0 Å². The molecule has 29 heavy (non-hydrogen) atoms. The molecule has 0 bridgehead atoms. The summed E-state index contributed by atoms with van der Waals surface area (Å²) in [6, 6.07) is 11.5. The van der Waals surface area contributed by atoms with Crippen LogP contribution in [0, 0.1) is 0 Å². The van der Waals surface area contributed by atoms with Crippen LogP contribution in [0.4, 0.5) is 11.4 Å². The van der Waals surface area contributed by atoms with Crippen molar-refractivity contribution in [2.45, 2.75) is 26.2 Å². The van der Waals surface area contributed by atoms with E-state index in [0.29, 0.717) is 11.4 Å². The highest BCUT2D eigenvalue weighted by Crippen LogP contribution is 2.24. The van der Waals surface area contributed by atoms with Gasteiger partial charge in [0.05, 0.1) is 11.3 Å². The van der Waals surface area contributed by atoms with Crippen molar-refractivity contribution in [3.05, 3.63) is 58.1 Å². The molecule has 1 aliphatic rings. The second-order valence-electron chi connectivity index (χ2n) is 6.45. The maximum Gasteiger partial charge on any atom is 0.338 e. The molecule has 0 radical (unpaired) electrons. The van der Waals surface area contributed by atoms with Crippen molar-refractivity contribution < 1.29 is 23.9 Å². The lowest BCUT2D eigenvalue weighted by atomic mass is 10.1. The van der Waals surface area contributed by atoms with Crippen molar-refractivity contribution in [3.63, 3.8) is 0 Å². The molecule has 2 aromatic carbocycles. The number of hydrogen-bond acceptors (Lipinski definition) is 5. The number of nitrogens with one attached hydrogen (secondary N) is 1. The van der Waals surface area contributed by atoms with E-state index in [1.54, 1.807) is 18.2 Å². The largest absolute Gasteiger partial charge is 0.452 e. The first-order valence-corrected chi connectivity index (χ1v) is 9.89. The molecule has 0 aliphatic carbocycles. The fraction of sp³-hybridized carbons (Fsp3) is 0.238. The smallest absolute Gasteiger partial charge is 0.338 e. The summed E-state index contributed by atoms with van der Waals surface area (Å²) in [5.41, 5.74) is 2.08. The van der Waals surface area contributed by atoms with Gasteiger partial charge in [-0.3, -0.25) is 19.3 Å². The molecule has 0 atom stereocenters. The highest BCUT2D eigenvalue weighted by Gasteiger charge is 2.30. The van der Waals surface area contributed by atoms with Crippen LogP contribution in [0.5, 0.6) is 0 Å². The van der Waals surface area contributed by atoms with E-state index >= 15 is 0 Å². The highest BCUT2D eigenvalue weighted by molar-refractivity contribution is 9.10. The number of carbonyl (C=O) groups excluding carboxylic acids is 4. The van der Waals surface area contributed by atoms with Crippen LogP contribution in [0.1, 0.15) is 35.7 Å². The number of aryl methyl sites for hydroxylation is 1. The lowest BCUT2D eigenvalue weighted by Crippen LogP contribution is -2.28. The number of halogens is 1. The zero-order valence-corrected chi connectivity index (χ0v) is 17.3. The van der Waals surface area contributed by atoms with Crippen LogP contribution in [-0.4, -0.2) is 30.3 Å². The van der Waals surface area contributed by atoms with Crippen LogP contribution < -0.4 is 10.2 Å². The third kappa shape index (κ3) is 4.89. The molecular weight excluding hydrogens is 440 g/mol. The van der Waals surface area contributed by atoms with Gasteiger partial charge in [0.2, 0.25) is 11.8 Å². The van der Waals surface area contributed by atoms with Crippen LogP contribution in [-0.2, 0) is 25.5 Å². The number of esters is 1. The van der Waals surface area contributed by atoms with Crippen molar-refractivity contribution in [1.82, 2.24) is 0 Å². The summed E-state index contributed by atoms with van der Waals surface area (Å²) in [4.78, 5) is 49.2. The summed E-state index contributed by atoms with van der Waals surface area (Å²) in [5.74, 6) is -1.79. The quantitative estimate of drug-likeness (QED) is 0.528. The fourth-order valence-electron chi connectivity index (χ4n) is 3.01. The van der Waals surface area contributed by atoms with E-state index in [1.807, 2.05) is 19.1 Å². The molecule has 0 saturated carbocycles. The Bertz CT molecular complexity index is 973. The Morgan fingerprint density at radius 1 is 1.10 bits per heavy atom. The molecule has 1 aliphatic heterocycles. The maximum atomic E-state index is 12.3. The Hall–Kier alpha value is -3.00. The Balaban J connectivity index is 1.62. The topological polar surface area (TPSA) is 92.8 Å². The SMILES string of the molecule is CCc1cc(Br)ccc1NC(=O)COC(=O)c1cccc(N2C(=O)CCC2=O)c1. The number of carbonyl (C=O) groups is 4. The van der Waals surface area contributed by atoms with Gasteiger partial charge in [0.1, 0.15) is 0 Å². The minimum Gasteiger partial charge on any atom is -0.452 e. The van der Waals surface area contributed by atoms with Gasteiger partial charge in [-0.05, 0) is 48.4 Å². The van der Waals surface area contributed by atoms with E-state index in [0.717, 1.165) is 21.4 Å². The molecule has 150 valence electrons. The molecule has 3 rings (SSSR count). The number of nitrogens with zero attached hydrogens (tertiary/aromatic N) is 1. The second-order valence-corrected chi connectivity index (χ2v) is 7.37. The highest BCUT2D eigenvalue weighted by atomic mass is 79.9.